The molecule has 2 aliphatic heterocycles. The lowest BCUT2D eigenvalue weighted by Gasteiger charge is -2.33. The number of aryl methyl sites for hydroxylation is 1. The predicted molar refractivity (Wildman–Crippen MR) is 133 cm³/mol. The van der Waals surface area contributed by atoms with Crippen molar-refractivity contribution in [1.82, 2.24) is 19.6 Å². The summed E-state index contributed by atoms with van der Waals surface area (Å²) in [7, 11) is 0. The van der Waals surface area contributed by atoms with Crippen molar-refractivity contribution < 1.29 is 19.1 Å². The van der Waals surface area contributed by atoms with Crippen LogP contribution in [0.15, 0.2) is 18.2 Å². The minimum atomic E-state index is -1.43. The fraction of sp³-hybridized carbons (Fsp3) is 0.607. The molecule has 2 amide bonds. The van der Waals surface area contributed by atoms with Gasteiger partial charge in [-0.3, -0.25) is 14.3 Å². The van der Waals surface area contributed by atoms with E-state index < -0.39 is 12.3 Å². The molecule has 7 nitrogen and oxygen atoms in total. The highest BCUT2D eigenvalue weighted by molar-refractivity contribution is 5.95. The highest BCUT2D eigenvalue weighted by Crippen LogP contribution is 2.57. The number of hydrogen-bond donors (Lipinski definition) is 1. The maximum atomic E-state index is 14.1. The first-order chi connectivity index (χ1) is 17.3. The van der Waals surface area contributed by atoms with Crippen LogP contribution in [0.3, 0.4) is 0 Å². The Balaban J connectivity index is 1.15. The Morgan fingerprint density at radius 2 is 1.86 bits per heavy atom. The molecule has 4 aliphatic rings. The van der Waals surface area contributed by atoms with Crippen LogP contribution >= 0.6 is 0 Å². The third-order valence-electron chi connectivity index (χ3n) is 9.06. The molecule has 2 aliphatic carbocycles. The molecule has 1 aromatic heterocycles. The van der Waals surface area contributed by atoms with E-state index in [0.29, 0.717) is 30.0 Å². The van der Waals surface area contributed by atoms with Crippen molar-refractivity contribution >= 4 is 11.8 Å². The first-order valence-corrected chi connectivity index (χ1v) is 13.4. The van der Waals surface area contributed by atoms with Crippen LogP contribution in [0.25, 0.3) is 0 Å². The molecule has 6 rings (SSSR count). The van der Waals surface area contributed by atoms with Gasteiger partial charge in [0.25, 0.3) is 5.91 Å². The number of fused-ring (bicyclic) bond motifs is 3. The summed E-state index contributed by atoms with van der Waals surface area (Å²) >= 11 is 0. The van der Waals surface area contributed by atoms with Crippen LogP contribution in [-0.2, 0) is 17.8 Å². The van der Waals surface area contributed by atoms with Crippen molar-refractivity contribution in [3.63, 3.8) is 0 Å². The normalized spacial score (nSPS) is 27.7. The fourth-order valence-electron chi connectivity index (χ4n) is 6.59. The summed E-state index contributed by atoms with van der Waals surface area (Å²) < 4.78 is 15.9. The van der Waals surface area contributed by atoms with E-state index in [1.165, 1.54) is 21.6 Å². The molecule has 1 N–H and O–H groups in total. The number of nitrogens with zero attached hydrogens (tertiary/aromatic N) is 4. The summed E-state index contributed by atoms with van der Waals surface area (Å²) in [5.41, 5.74) is 6.44. The highest BCUT2D eigenvalue weighted by atomic mass is 19.1. The van der Waals surface area contributed by atoms with Crippen LogP contribution in [0.1, 0.15) is 76.0 Å². The van der Waals surface area contributed by atoms with E-state index >= 15 is 0 Å². The monoisotopic (exact) mass is 494 g/mol. The largest absolute Gasteiger partial charge is 0.390 e. The van der Waals surface area contributed by atoms with Crippen LogP contribution in [0.2, 0.25) is 0 Å². The number of aliphatic hydroxyl groups is 1. The third kappa shape index (κ3) is 4.03. The van der Waals surface area contributed by atoms with Gasteiger partial charge >= 0.3 is 0 Å². The molecule has 3 heterocycles. The topological polar surface area (TPSA) is 78.7 Å². The summed E-state index contributed by atoms with van der Waals surface area (Å²) in [4.78, 5) is 30.0. The standard InChI is InChI=1S/C28H35FN4O3/c1-16-4-3-5-20(17(16)2)18-6-9-31(10-7-18)25(35)15-33-23-13-19-12-21(19)26(23)27(30-33)28(36)32-11-8-24(34)22(29)14-32/h3-5,18-19,21-22,24,34H,6-15H2,1-2H3/t19-,21-,22+,24-/m1/s1. The molecule has 0 spiro atoms. The zero-order valence-corrected chi connectivity index (χ0v) is 21.1. The maximum absolute atomic E-state index is 14.1. The molecule has 1 saturated carbocycles. The number of hydrogen-bond acceptors (Lipinski definition) is 4. The molecule has 36 heavy (non-hydrogen) atoms. The molecular weight excluding hydrogens is 459 g/mol. The number of aromatic nitrogens is 2. The Hall–Kier alpha value is -2.74. The average molecular weight is 495 g/mol. The zero-order chi connectivity index (χ0) is 25.1. The number of amides is 2. The van der Waals surface area contributed by atoms with Gasteiger partial charge < -0.3 is 14.9 Å². The van der Waals surface area contributed by atoms with Gasteiger partial charge in [-0.15, -0.1) is 0 Å². The molecule has 0 radical (unpaired) electrons. The first-order valence-electron chi connectivity index (χ1n) is 13.4. The molecule has 0 unspecified atom stereocenters. The Morgan fingerprint density at radius 1 is 1.11 bits per heavy atom. The van der Waals surface area contributed by atoms with Crippen molar-refractivity contribution in [3.05, 3.63) is 51.8 Å². The second-order valence-electron chi connectivity index (χ2n) is 11.2. The van der Waals surface area contributed by atoms with Gasteiger partial charge in [0, 0.05) is 30.9 Å². The van der Waals surface area contributed by atoms with E-state index in [1.54, 1.807) is 4.68 Å². The number of likely N-dealkylation sites (tertiary alicyclic amines) is 2. The van der Waals surface area contributed by atoms with Crippen LogP contribution in [0.5, 0.6) is 0 Å². The molecule has 0 bridgehead atoms. The Morgan fingerprint density at radius 3 is 2.61 bits per heavy atom. The number of alkyl halides is 1. The van der Waals surface area contributed by atoms with Gasteiger partial charge in [0.1, 0.15) is 12.7 Å². The molecule has 192 valence electrons. The van der Waals surface area contributed by atoms with Gasteiger partial charge in [0.15, 0.2) is 5.69 Å². The summed E-state index contributed by atoms with van der Waals surface area (Å²) in [6.07, 6.45) is 1.61. The van der Waals surface area contributed by atoms with Gasteiger partial charge in [-0.05, 0) is 80.4 Å². The summed E-state index contributed by atoms with van der Waals surface area (Å²) in [6.45, 7) is 6.15. The van der Waals surface area contributed by atoms with Crippen molar-refractivity contribution in [3.8, 4) is 0 Å². The van der Waals surface area contributed by atoms with Gasteiger partial charge in [-0.25, -0.2) is 4.39 Å². The SMILES string of the molecule is Cc1cccc(C2CCN(C(=O)Cn3nc(C(=O)N4CC[C@@H](O)[C@@H](F)C4)c4c3C[C@H]3C[C@@H]43)CC2)c1C. The lowest BCUT2D eigenvalue weighted by Crippen LogP contribution is -2.47. The quantitative estimate of drug-likeness (QED) is 0.709. The van der Waals surface area contributed by atoms with E-state index in [4.69, 9.17) is 0 Å². The molecule has 4 atom stereocenters. The number of aliphatic hydroxyl groups excluding tert-OH is 1. The molecule has 2 saturated heterocycles. The van der Waals surface area contributed by atoms with Crippen molar-refractivity contribution in [2.75, 3.05) is 26.2 Å². The number of carbonyl (C=O) groups excluding carboxylic acids is 2. The third-order valence-corrected chi connectivity index (χ3v) is 9.06. The smallest absolute Gasteiger partial charge is 0.274 e. The minimum absolute atomic E-state index is 0.0456. The van der Waals surface area contributed by atoms with Crippen LogP contribution in [0.4, 0.5) is 4.39 Å². The second-order valence-corrected chi connectivity index (χ2v) is 11.2. The summed E-state index contributed by atoms with van der Waals surface area (Å²) in [6, 6.07) is 6.49. The zero-order valence-electron chi connectivity index (χ0n) is 21.1. The van der Waals surface area contributed by atoms with Crippen molar-refractivity contribution in [1.29, 1.82) is 0 Å². The van der Waals surface area contributed by atoms with E-state index in [2.05, 4.69) is 37.1 Å². The van der Waals surface area contributed by atoms with Gasteiger partial charge in [-0.1, -0.05) is 18.2 Å². The number of carbonyl (C=O) groups is 2. The highest BCUT2D eigenvalue weighted by Gasteiger charge is 2.51. The molecule has 2 aromatic rings. The van der Waals surface area contributed by atoms with E-state index in [0.717, 1.165) is 50.0 Å². The molecule has 3 fully saturated rings. The van der Waals surface area contributed by atoms with Crippen molar-refractivity contribution in [2.24, 2.45) is 5.92 Å². The Kier molecular flexibility index (Phi) is 5.90. The molecule has 8 heteroatoms. The lowest BCUT2D eigenvalue weighted by molar-refractivity contribution is -0.133. The summed E-state index contributed by atoms with van der Waals surface area (Å²) in [5, 5.41) is 14.4. The van der Waals surface area contributed by atoms with Crippen molar-refractivity contribution in [2.45, 2.75) is 76.6 Å². The van der Waals surface area contributed by atoms with Gasteiger partial charge in [-0.2, -0.15) is 5.10 Å². The Labute approximate surface area is 211 Å². The van der Waals surface area contributed by atoms with Gasteiger partial charge in [0.05, 0.1) is 12.6 Å². The van der Waals surface area contributed by atoms with E-state index in [1.807, 2.05) is 4.90 Å². The molecule has 1 aromatic carbocycles. The number of piperidine rings is 2. The molecular formula is C28H35FN4O3. The van der Waals surface area contributed by atoms with Crippen LogP contribution in [-0.4, -0.2) is 75.0 Å². The lowest BCUT2D eigenvalue weighted by atomic mass is 9.85. The number of benzene rings is 1. The summed E-state index contributed by atoms with van der Waals surface area (Å²) in [5.74, 6) is 1.13. The Bertz CT molecular complexity index is 1200. The first kappa shape index (κ1) is 23.6. The van der Waals surface area contributed by atoms with E-state index in [9.17, 15) is 19.1 Å². The second kappa shape index (κ2) is 8.98. The van der Waals surface area contributed by atoms with Crippen LogP contribution in [0, 0.1) is 19.8 Å². The fourth-order valence-corrected chi connectivity index (χ4v) is 6.59. The maximum Gasteiger partial charge on any atom is 0.274 e. The predicted octanol–water partition coefficient (Wildman–Crippen LogP) is 3.11. The number of halogens is 1. The minimum Gasteiger partial charge on any atom is -0.390 e. The average Bonchev–Trinajstić information content (AvgIpc) is 3.40. The van der Waals surface area contributed by atoms with Crippen LogP contribution < -0.4 is 0 Å². The number of rotatable bonds is 4. The van der Waals surface area contributed by atoms with E-state index in [-0.39, 0.29) is 31.3 Å². The van der Waals surface area contributed by atoms with Gasteiger partial charge in [0.2, 0.25) is 5.91 Å².